The van der Waals surface area contributed by atoms with E-state index in [-0.39, 0.29) is 24.4 Å². The number of carbonyl (C=O) groups is 3. The van der Waals surface area contributed by atoms with Crippen LogP contribution in [0.1, 0.15) is 36.4 Å². The minimum absolute atomic E-state index is 0.0405. The van der Waals surface area contributed by atoms with Gasteiger partial charge in [-0.2, -0.15) is 10.2 Å². The highest BCUT2D eigenvalue weighted by Gasteiger charge is 2.56. The van der Waals surface area contributed by atoms with Gasteiger partial charge in [0.15, 0.2) is 12.1 Å². The molecule has 10 heteroatoms. The molecule has 10 nitrogen and oxygen atoms in total. The maximum absolute atomic E-state index is 14.0. The number of imide groups is 1. The Balaban J connectivity index is 1.18. The van der Waals surface area contributed by atoms with Gasteiger partial charge in [0.25, 0.3) is 17.7 Å². The maximum atomic E-state index is 14.0. The lowest BCUT2D eigenvalue weighted by atomic mass is 9.77. The molecule has 3 heterocycles. The fourth-order valence-corrected chi connectivity index (χ4v) is 6.56. The molecule has 3 aromatic carbocycles. The highest BCUT2D eigenvalue weighted by Crippen LogP contribution is 2.45. The monoisotopic (exact) mass is 574 g/mol. The molecule has 0 spiro atoms. The average Bonchev–Trinajstić information content (AvgIpc) is 3.71. The van der Waals surface area contributed by atoms with Gasteiger partial charge in [-0.3, -0.25) is 19.4 Å². The number of ether oxygens (including phenoxy) is 1. The minimum Gasteiger partial charge on any atom is -0.495 e. The van der Waals surface area contributed by atoms with Crippen LogP contribution in [0, 0.1) is 5.92 Å². The summed E-state index contributed by atoms with van der Waals surface area (Å²) < 4.78 is 5.39. The lowest BCUT2D eigenvalue weighted by molar-refractivity contribution is -0.136. The van der Waals surface area contributed by atoms with Crippen LogP contribution in [0.15, 0.2) is 106 Å². The molecule has 43 heavy (non-hydrogen) atoms. The highest BCUT2D eigenvalue weighted by molar-refractivity contribution is 6.26. The van der Waals surface area contributed by atoms with Crippen LogP contribution in [0.25, 0.3) is 6.08 Å². The summed E-state index contributed by atoms with van der Waals surface area (Å²) in [5.74, 6) is -0.872. The second kappa shape index (κ2) is 10.9. The number of nitrogens with zero attached hydrogens (tertiary/aromatic N) is 6. The smallest absolute Gasteiger partial charge is 0.264 e. The van der Waals surface area contributed by atoms with E-state index < -0.39 is 23.9 Å². The maximum Gasteiger partial charge on any atom is 0.264 e. The zero-order valence-corrected chi connectivity index (χ0v) is 23.6. The first-order chi connectivity index (χ1) is 21.0. The standard InChI is InChI=1S/C33H30N6O4/c1-43-26-18-9-8-17-25(26)38-32(41)29-31(33(38)42)37(36-34-29)20-27(40)39-30(22-13-6-3-7-14-22)24-16-10-15-23(28(24)35-39)19-21-11-4-2-5-12-21/h2-9,11-14,17-19,24,29-31H,10,15-16,20H2,1H3/b23-19+/t24-,29-,30-,31+/m1/s1. The number of hydrogen-bond acceptors (Lipinski definition) is 8. The second-order valence-electron chi connectivity index (χ2n) is 11.0. The zero-order chi connectivity index (χ0) is 29.5. The Morgan fingerprint density at radius 3 is 2.42 bits per heavy atom. The fraction of sp³-hybridized carbons (Fsp3) is 0.273. The summed E-state index contributed by atoms with van der Waals surface area (Å²) in [4.78, 5) is 42.0. The summed E-state index contributed by atoms with van der Waals surface area (Å²) in [6.45, 7) is -0.242. The van der Waals surface area contributed by atoms with E-state index in [1.165, 1.54) is 12.1 Å². The molecule has 4 atom stereocenters. The lowest BCUT2D eigenvalue weighted by Crippen LogP contribution is -2.45. The van der Waals surface area contributed by atoms with E-state index in [2.05, 4.69) is 28.5 Å². The molecule has 0 radical (unpaired) electrons. The molecule has 3 aromatic rings. The van der Waals surface area contributed by atoms with Crippen LogP contribution in [-0.4, -0.2) is 59.2 Å². The van der Waals surface area contributed by atoms with Crippen molar-refractivity contribution in [2.45, 2.75) is 37.4 Å². The quantitative estimate of drug-likeness (QED) is 0.393. The van der Waals surface area contributed by atoms with Gasteiger partial charge >= 0.3 is 0 Å². The van der Waals surface area contributed by atoms with Crippen LogP contribution < -0.4 is 9.64 Å². The molecule has 0 bridgehead atoms. The Bertz CT molecular complexity index is 1670. The van der Waals surface area contributed by atoms with Gasteiger partial charge in [0, 0.05) is 5.92 Å². The summed E-state index contributed by atoms with van der Waals surface area (Å²) in [7, 11) is 1.48. The number of fused-ring (bicyclic) bond motifs is 2. The molecule has 1 saturated carbocycles. The summed E-state index contributed by atoms with van der Waals surface area (Å²) >= 11 is 0. The van der Waals surface area contributed by atoms with E-state index in [4.69, 9.17) is 9.84 Å². The van der Waals surface area contributed by atoms with E-state index in [0.29, 0.717) is 11.4 Å². The van der Waals surface area contributed by atoms with Crippen molar-refractivity contribution in [1.82, 2.24) is 10.0 Å². The molecule has 3 aliphatic heterocycles. The third-order valence-corrected chi connectivity index (χ3v) is 8.52. The Labute approximate surface area is 248 Å². The van der Waals surface area contributed by atoms with Gasteiger partial charge in [0.05, 0.1) is 24.6 Å². The number of carbonyl (C=O) groups excluding carboxylic acids is 3. The van der Waals surface area contributed by atoms with Crippen molar-refractivity contribution >= 4 is 35.2 Å². The molecule has 216 valence electrons. The number of benzene rings is 3. The summed E-state index contributed by atoms with van der Waals surface area (Å²) in [5, 5.41) is 16.1. The number of methoxy groups -OCH3 is 1. The molecular weight excluding hydrogens is 544 g/mol. The van der Waals surface area contributed by atoms with Crippen LogP contribution in [0.3, 0.4) is 0 Å². The Morgan fingerprint density at radius 1 is 0.930 bits per heavy atom. The molecule has 1 aliphatic carbocycles. The molecule has 0 aromatic heterocycles. The summed E-state index contributed by atoms with van der Waals surface area (Å²) in [6, 6.07) is 24.6. The van der Waals surface area contributed by atoms with Crippen molar-refractivity contribution in [1.29, 1.82) is 0 Å². The normalized spacial score (nSPS) is 25.3. The first kappa shape index (κ1) is 26.8. The number of hydrazone groups is 1. The molecule has 1 saturated heterocycles. The van der Waals surface area contributed by atoms with Crippen LogP contribution >= 0.6 is 0 Å². The van der Waals surface area contributed by atoms with Gasteiger partial charge in [-0.05, 0) is 54.2 Å². The van der Waals surface area contributed by atoms with Crippen molar-refractivity contribution in [3.63, 3.8) is 0 Å². The molecule has 0 N–H and O–H groups in total. The van der Waals surface area contributed by atoms with Gasteiger partial charge in [0.2, 0.25) is 0 Å². The van der Waals surface area contributed by atoms with Gasteiger partial charge < -0.3 is 4.74 Å². The largest absolute Gasteiger partial charge is 0.495 e. The van der Waals surface area contributed by atoms with E-state index in [1.807, 2.05) is 48.5 Å². The molecule has 2 fully saturated rings. The van der Waals surface area contributed by atoms with Crippen LogP contribution in [0.5, 0.6) is 5.75 Å². The topological polar surface area (TPSA) is 107 Å². The predicted octanol–water partition coefficient (Wildman–Crippen LogP) is 4.81. The van der Waals surface area contributed by atoms with Crippen molar-refractivity contribution in [2.75, 3.05) is 18.6 Å². The molecular formula is C33H30N6O4. The lowest BCUT2D eigenvalue weighted by Gasteiger charge is -2.30. The van der Waals surface area contributed by atoms with Crippen molar-refractivity contribution in [2.24, 2.45) is 21.4 Å². The van der Waals surface area contributed by atoms with E-state index in [0.717, 1.165) is 46.6 Å². The number of para-hydroxylation sites is 2. The molecule has 7 rings (SSSR count). The van der Waals surface area contributed by atoms with Gasteiger partial charge in [-0.25, -0.2) is 9.91 Å². The number of amides is 3. The highest BCUT2D eigenvalue weighted by atomic mass is 16.5. The third-order valence-electron chi connectivity index (χ3n) is 8.52. The van der Waals surface area contributed by atoms with E-state index in [1.54, 1.807) is 29.3 Å². The van der Waals surface area contributed by atoms with Crippen LogP contribution in [0.4, 0.5) is 5.69 Å². The first-order valence-electron chi connectivity index (χ1n) is 14.4. The van der Waals surface area contributed by atoms with Crippen molar-refractivity contribution in [3.8, 4) is 5.75 Å². The Morgan fingerprint density at radius 2 is 1.65 bits per heavy atom. The first-order valence-corrected chi connectivity index (χ1v) is 14.4. The second-order valence-corrected chi connectivity index (χ2v) is 11.0. The number of allylic oxidation sites excluding steroid dienone is 1. The average molecular weight is 575 g/mol. The summed E-state index contributed by atoms with van der Waals surface area (Å²) in [6.07, 6.45) is 4.94. The molecule has 0 unspecified atom stereocenters. The fourth-order valence-electron chi connectivity index (χ4n) is 6.56. The van der Waals surface area contributed by atoms with Crippen molar-refractivity contribution < 1.29 is 19.1 Å². The van der Waals surface area contributed by atoms with Gasteiger partial charge in [-0.1, -0.05) is 78.0 Å². The van der Waals surface area contributed by atoms with Crippen molar-refractivity contribution in [3.05, 3.63) is 102 Å². The Hall–Kier alpha value is -5.12. The van der Waals surface area contributed by atoms with E-state index in [9.17, 15) is 14.4 Å². The number of anilines is 1. The van der Waals surface area contributed by atoms with Gasteiger partial charge in [0.1, 0.15) is 12.3 Å². The van der Waals surface area contributed by atoms with Gasteiger partial charge in [-0.15, -0.1) is 0 Å². The van der Waals surface area contributed by atoms with Crippen LogP contribution in [-0.2, 0) is 14.4 Å². The third kappa shape index (κ3) is 4.59. The Kier molecular flexibility index (Phi) is 6.81. The van der Waals surface area contributed by atoms with E-state index >= 15 is 0 Å². The zero-order valence-electron chi connectivity index (χ0n) is 23.6. The minimum atomic E-state index is -1.02. The number of hydrogen-bond donors (Lipinski definition) is 0. The van der Waals surface area contributed by atoms with Crippen LogP contribution in [0.2, 0.25) is 0 Å². The molecule has 3 amide bonds. The number of rotatable bonds is 6. The summed E-state index contributed by atoms with van der Waals surface area (Å²) in [5.41, 5.74) is 4.48. The SMILES string of the molecule is COc1ccccc1N1C(=O)[C@@H]2[C@@H](N=NN2CC(=O)N2N=C3/C(=C/c4ccccc4)CCC[C@H]3[C@H]2c2ccccc2)C1=O. The molecule has 4 aliphatic rings. The predicted molar refractivity (Wildman–Crippen MR) is 160 cm³/mol.